The van der Waals surface area contributed by atoms with E-state index in [1.165, 1.54) is 17.5 Å². The van der Waals surface area contributed by atoms with Gasteiger partial charge in [-0.3, -0.25) is 4.90 Å². The molecular weight excluding hydrogens is 346 g/mol. The molecule has 0 N–H and O–H groups in total. The van der Waals surface area contributed by atoms with Crippen LogP contribution in [0.15, 0.2) is 60.7 Å². The van der Waals surface area contributed by atoms with Crippen LogP contribution >= 0.6 is 0 Å². The van der Waals surface area contributed by atoms with Gasteiger partial charge in [-0.15, -0.1) is 0 Å². The number of piperazine rings is 1. The molecule has 148 valence electrons. The van der Waals surface area contributed by atoms with Crippen molar-refractivity contribution in [2.75, 3.05) is 33.2 Å². The van der Waals surface area contributed by atoms with Crippen molar-refractivity contribution < 1.29 is 4.79 Å². The van der Waals surface area contributed by atoms with Crippen LogP contribution in [0.1, 0.15) is 43.4 Å². The molecule has 2 fully saturated rings. The third-order valence-corrected chi connectivity index (χ3v) is 6.71. The van der Waals surface area contributed by atoms with E-state index in [0.29, 0.717) is 0 Å². The van der Waals surface area contributed by atoms with Gasteiger partial charge in [0, 0.05) is 38.8 Å². The molecule has 2 aliphatic rings. The lowest BCUT2D eigenvalue weighted by molar-refractivity contribution is 0.0465. The molecule has 28 heavy (non-hydrogen) atoms. The summed E-state index contributed by atoms with van der Waals surface area (Å²) in [7, 11) is 1.98. The summed E-state index contributed by atoms with van der Waals surface area (Å²) in [6.45, 7) is 5.58. The molecule has 0 spiro atoms. The largest absolute Gasteiger partial charge is 0.322 e. The number of carbonyl (C=O) groups is 1. The van der Waals surface area contributed by atoms with Crippen LogP contribution in [0.3, 0.4) is 0 Å². The minimum absolute atomic E-state index is 0.0603. The van der Waals surface area contributed by atoms with Gasteiger partial charge in [0.2, 0.25) is 0 Å². The molecule has 0 atom stereocenters. The van der Waals surface area contributed by atoms with Crippen LogP contribution in [0.4, 0.5) is 4.79 Å². The van der Waals surface area contributed by atoms with Crippen LogP contribution in [-0.2, 0) is 0 Å². The van der Waals surface area contributed by atoms with Crippen molar-refractivity contribution in [2.45, 2.75) is 37.8 Å². The predicted molar refractivity (Wildman–Crippen MR) is 113 cm³/mol. The summed E-state index contributed by atoms with van der Waals surface area (Å²) in [5.74, 6) is 0. The first kappa shape index (κ1) is 19.0. The minimum atomic E-state index is 0.0603. The summed E-state index contributed by atoms with van der Waals surface area (Å²) >= 11 is 0. The second-order valence-corrected chi connectivity index (χ2v) is 8.44. The summed E-state index contributed by atoms with van der Waals surface area (Å²) in [5.41, 5.74) is 2.69. The zero-order chi connectivity index (χ0) is 19.6. The van der Waals surface area contributed by atoms with Crippen molar-refractivity contribution in [1.29, 1.82) is 0 Å². The molecule has 4 nitrogen and oxygen atoms in total. The Morgan fingerprint density at radius 2 is 1.39 bits per heavy atom. The fourth-order valence-electron chi connectivity index (χ4n) is 4.52. The Morgan fingerprint density at radius 1 is 0.893 bits per heavy atom. The van der Waals surface area contributed by atoms with E-state index in [2.05, 4.69) is 72.5 Å². The van der Waals surface area contributed by atoms with E-state index >= 15 is 0 Å². The maximum atomic E-state index is 13.0. The Balaban J connectivity index is 1.47. The van der Waals surface area contributed by atoms with Crippen LogP contribution in [0.25, 0.3) is 0 Å². The van der Waals surface area contributed by atoms with Crippen LogP contribution in [0, 0.1) is 0 Å². The maximum absolute atomic E-state index is 13.0. The molecule has 0 radical (unpaired) electrons. The fourth-order valence-corrected chi connectivity index (χ4v) is 4.52. The SMILES string of the molecule is CN(C(=O)N1CCN(C(c2ccccc2)c2ccccc2)CC1)C1(C)CCC1. The highest BCUT2D eigenvalue weighted by Crippen LogP contribution is 2.37. The summed E-state index contributed by atoms with van der Waals surface area (Å²) in [6.07, 6.45) is 3.48. The van der Waals surface area contributed by atoms with E-state index in [4.69, 9.17) is 0 Å². The number of hydrogen-bond donors (Lipinski definition) is 0. The normalized spacial score (nSPS) is 19.3. The van der Waals surface area contributed by atoms with Crippen LogP contribution in [0.5, 0.6) is 0 Å². The average Bonchev–Trinajstić information content (AvgIpc) is 2.73. The van der Waals surface area contributed by atoms with Gasteiger partial charge in [0.1, 0.15) is 0 Å². The van der Waals surface area contributed by atoms with Gasteiger partial charge in [-0.2, -0.15) is 0 Å². The fraction of sp³-hybridized carbons (Fsp3) is 0.458. The van der Waals surface area contributed by atoms with Crippen molar-refractivity contribution in [3.05, 3.63) is 71.8 Å². The van der Waals surface area contributed by atoms with E-state index in [1.807, 2.05) is 16.8 Å². The Morgan fingerprint density at radius 3 is 1.82 bits per heavy atom. The van der Waals surface area contributed by atoms with Crippen molar-refractivity contribution in [2.24, 2.45) is 0 Å². The first-order valence-corrected chi connectivity index (χ1v) is 10.5. The van der Waals surface area contributed by atoms with Crippen molar-refractivity contribution in [3.8, 4) is 0 Å². The molecule has 0 aromatic heterocycles. The number of carbonyl (C=O) groups excluding carboxylic acids is 1. The molecule has 1 aliphatic carbocycles. The highest BCUT2D eigenvalue weighted by atomic mass is 16.2. The Labute approximate surface area is 168 Å². The number of hydrogen-bond acceptors (Lipinski definition) is 2. The highest BCUT2D eigenvalue weighted by Gasteiger charge is 2.40. The molecule has 1 heterocycles. The van der Waals surface area contributed by atoms with Gasteiger partial charge in [-0.25, -0.2) is 4.79 Å². The monoisotopic (exact) mass is 377 g/mol. The third-order valence-electron chi connectivity index (χ3n) is 6.71. The summed E-state index contributed by atoms with van der Waals surface area (Å²) < 4.78 is 0. The number of amides is 2. The molecule has 0 unspecified atom stereocenters. The van der Waals surface area contributed by atoms with Gasteiger partial charge >= 0.3 is 6.03 Å². The molecule has 2 aromatic carbocycles. The van der Waals surface area contributed by atoms with Crippen LogP contribution in [0.2, 0.25) is 0 Å². The summed E-state index contributed by atoms with van der Waals surface area (Å²) in [5, 5.41) is 0. The van der Waals surface area contributed by atoms with E-state index in [-0.39, 0.29) is 17.6 Å². The minimum Gasteiger partial charge on any atom is -0.322 e. The standard InChI is InChI=1S/C24H31N3O/c1-24(14-9-15-24)25(2)23(28)27-18-16-26(17-19-27)22(20-10-5-3-6-11-20)21-12-7-4-8-13-21/h3-8,10-13,22H,9,14-19H2,1-2H3. The number of rotatable bonds is 4. The van der Waals surface area contributed by atoms with Crippen molar-refractivity contribution in [1.82, 2.24) is 14.7 Å². The zero-order valence-electron chi connectivity index (χ0n) is 17.1. The Hall–Kier alpha value is -2.33. The lowest BCUT2D eigenvalue weighted by Gasteiger charge is -2.48. The van der Waals surface area contributed by atoms with E-state index in [0.717, 1.165) is 39.0 Å². The number of benzene rings is 2. The third kappa shape index (κ3) is 3.66. The van der Waals surface area contributed by atoms with E-state index in [1.54, 1.807) is 0 Å². The van der Waals surface area contributed by atoms with Gasteiger partial charge in [-0.1, -0.05) is 60.7 Å². The van der Waals surface area contributed by atoms with Gasteiger partial charge < -0.3 is 9.80 Å². The van der Waals surface area contributed by atoms with Gasteiger partial charge in [0.15, 0.2) is 0 Å². The second kappa shape index (κ2) is 7.96. The Bertz CT molecular complexity index is 741. The molecule has 2 aromatic rings. The van der Waals surface area contributed by atoms with Gasteiger partial charge in [-0.05, 0) is 37.3 Å². The van der Waals surface area contributed by atoms with Crippen LogP contribution in [-0.4, -0.2) is 59.5 Å². The molecule has 1 aliphatic heterocycles. The summed E-state index contributed by atoms with van der Waals surface area (Å²) in [6, 6.07) is 21.8. The highest BCUT2D eigenvalue weighted by molar-refractivity contribution is 5.75. The van der Waals surface area contributed by atoms with Crippen LogP contribution < -0.4 is 0 Å². The first-order chi connectivity index (χ1) is 13.6. The quantitative estimate of drug-likeness (QED) is 0.790. The number of urea groups is 1. The molecule has 4 rings (SSSR count). The maximum Gasteiger partial charge on any atom is 0.320 e. The van der Waals surface area contributed by atoms with E-state index < -0.39 is 0 Å². The van der Waals surface area contributed by atoms with Crippen molar-refractivity contribution in [3.63, 3.8) is 0 Å². The molecular formula is C24H31N3O. The summed E-state index contributed by atoms with van der Waals surface area (Å²) in [4.78, 5) is 19.5. The lowest BCUT2D eigenvalue weighted by atomic mass is 9.77. The molecule has 0 bridgehead atoms. The second-order valence-electron chi connectivity index (χ2n) is 8.44. The number of nitrogens with zero attached hydrogens (tertiary/aromatic N) is 3. The Kier molecular flexibility index (Phi) is 5.40. The smallest absolute Gasteiger partial charge is 0.320 e. The van der Waals surface area contributed by atoms with Crippen molar-refractivity contribution >= 4 is 6.03 Å². The lowest BCUT2D eigenvalue weighted by Crippen LogP contribution is -2.59. The first-order valence-electron chi connectivity index (χ1n) is 10.5. The average molecular weight is 378 g/mol. The predicted octanol–water partition coefficient (Wildman–Crippen LogP) is 4.39. The van der Waals surface area contributed by atoms with E-state index in [9.17, 15) is 4.79 Å². The molecule has 4 heteroatoms. The van der Waals surface area contributed by atoms with Gasteiger partial charge in [0.05, 0.1) is 6.04 Å². The molecule has 2 amide bonds. The van der Waals surface area contributed by atoms with Gasteiger partial charge in [0.25, 0.3) is 0 Å². The molecule has 1 saturated carbocycles. The zero-order valence-corrected chi connectivity index (χ0v) is 17.1. The topological polar surface area (TPSA) is 26.8 Å². The molecule has 1 saturated heterocycles.